The predicted octanol–water partition coefficient (Wildman–Crippen LogP) is 1.78. The number of ketones is 2. The number of carbonyl (C=O) groups excluding carboxylic acids is 2. The highest BCUT2D eigenvalue weighted by molar-refractivity contribution is 6.42. The minimum atomic E-state index is -0.483. The minimum absolute atomic E-state index is 0.375. The van der Waals surface area contributed by atoms with Gasteiger partial charge in [0.05, 0.1) is 7.11 Å². The van der Waals surface area contributed by atoms with E-state index in [1.807, 2.05) is 6.92 Å². The summed E-state index contributed by atoms with van der Waals surface area (Å²) >= 11 is 0. The van der Waals surface area contributed by atoms with Crippen LogP contribution in [0.15, 0.2) is 18.2 Å². The second-order valence-electron chi connectivity index (χ2n) is 3.07. The topological polar surface area (TPSA) is 43.4 Å². The Morgan fingerprint density at radius 1 is 1.29 bits per heavy atom. The van der Waals surface area contributed by atoms with Crippen LogP contribution < -0.4 is 4.74 Å². The van der Waals surface area contributed by atoms with E-state index in [0.717, 1.165) is 5.56 Å². The highest BCUT2D eigenvalue weighted by atomic mass is 16.5. The van der Waals surface area contributed by atoms with E-state index in [4.69, 9.17) is 4.74 Å². The first-order valence-electron chi connectivity index (χ1n) is 4.26. The maximum atomic E-state index is 11.3. The molecule has 1 aromatic carbocycles. The Bertz CT molecular complexity index is 380. The Kier molecular flexibility index (Phi) is 3.02. The van der Waals surface area contributed by atoms with Crippen LogP contribution in [0, 0.1) is 6.92 Å². The van der Waals surface area contributed by atoms with Crippen molar-refractivity contribution in [3.05, 3.63) is 29.3 Å². The molecule has 14 heavy (non-hydrogen) atoms. The van der Waals surface area contributed by atoms with Crippen molar-refractivity contribution >= 4 is 11.6 Å². The SMILES string of the molecule is COc1cc(C(=O)C(C)=O)ccc1C. The van der Waals surface area contributed by atoms with Gasteiger partial charge in [-0.25, -0.2) is 0 Å². The first kappa shape index (κ1) is 10.4. The Labute approximate surface area is 82.7 Å². The molecule has 0 saturated heterocycles. The third-order valence-electron chi connectivity index (χ3n) is 1.99. The lowest BCUT2D eigenvalue weighted by atomic mass is 10.1. The normalized spacial score (nSPS) is 9.64. The molecule has 0 bridgehead atoms. The molecule has 0 radical (unpaired) electrons. The lowest BCUT2D eigenvalue weighted by Crippen LogP contribution is -2.09. The summed E-state index contributed by atoms with van der Waals surface area (Å²) < 4.78 is 5.05. The number of methoxy groups -OCH3 is 1. The zero-order chi connectivity index (χ0) is 10.7. The van der Waals surface area contributed by atoms with E-state index in [1.54, 1.807) is 18.2 Å². The first-order chi connectivity index (χ1) is 6.56. The van der Waals surface area contributed by atoms with Crippen LogP contribution in [0.5, 0.6) is 5.75 Å². The molecule has 1 rings (SSSR count). The summed E-state index contributed by atoms with van der Waals surface area (Å²) in [6.07, 6.45) is 0. The van der Waals surface area contributed by atoms with Crippen molar-refractivity contribution in [3.8, 4) is 5.75 Å². The van der Waals surface area contributed by atoms with Gasteiger partial charge in [0.25, 0.3) is 0 Å². The number of aryl methyl sites for hydroxylation is 1. The van der Waals surface area contributed by atoms with Crippen molar-refractivity contribution in [2.45, 2.75) is 13.8 Å². The highest BCUT2D eigenvalue weighted by Gasteiger charge is 2.12. The molecular weight excluding hydrogens is 180 g/mol. The number of benzene rings is 1. The number of hydrogen-bond acceptors (Lipinski definition) is 3. The molecule has 0 unspecified atom stereocenters. The second-order valence-corrected chi connectivity index (χ2v) is 3.07. The number of rotatable bonds is 3. The summed E-state index contributed by atoms with van der Waals surface area (Å²) in [6.45, 7) is 3.13. The van der Waals surface area contributed by atoms with Gasteiger partial charge in [0, 0.05) is 12.5 Å². The molecule has 0 N–H and O–H groups in total. The van der Waals surface area contributed by atoms with Crippen molar-refractivity contribution < 1.29 is 14.3 Å². The lowest BCUT2D eigenvalue weighted by molar-refractivity contribution is -0.113. The summed E-state index contributed by atoms with van der Waals surface area (Å²) in [6, 6.07) is 4.97. The van der Waals surface area contributed by atoms with Crippen LogP contribution >= 0.6 is 0 Å². The van der Waals surface area contributed by atoms with Crippen molar-refractivity contribution in [2.24, 2.45) is 0 Å². The molecule has 0 amide bonds. The third-order valence-corrected chi connectivity index (χ3v) is 1.99. The summed E-state index contributed by atoms with van der Waals surface area (Å²) in [4.78, 5) is 22.2. The molecular formula is C11H12O3. The van der Waals surface area contributed by atoms with E-state index < -0.39 is 11.6 Å². The molecule has 3 heteroatoms. The zero-order valence-corrected chi connectivity index (χ0v) is 8.46. The van der Waals surface area contributed by atoms with Crippen LogP contribution in [0.1, 0.15) is 22.8 Å². The second kappa shape index (κ2) is 4.05. The van der Waals surface area contributed by atoms with Crippen LogP contribution in [0.2, 0.25) is 0 Å². The molecule has 1 aromatic rings. The van der Waals surface area contributed by atoms with E-state index in [0.29, 0.717) is 11.3 Å². The van der Waals surface area contributed by atoms with Gasteiger partial charge in [0.1, 0.15) is 5.75 Å². The number of hydrogen-bond donors (Lipinski definition) is 0. The number of carbonyl (C=O) groups is 2. The predicted molar refractivity (Wildman–Crippen MR) is 52.7 cm³/mol. The third kappa shape index (κ3) is 1.99. The highest BCUT2D eigenvalue weighted by Crippen LogP contribution is 2.19. The van der Waals surface area contributed by atoms with Gasteiger partial charge < -0.3 is 4.74 Å². The van der Waals surface area contributed by atoms with Crippen molar-refractivity contribution in [1.29, 1.82) is 0 Å². The van der Waals surface area contributed by atoms with Gasteiger partial charge in [-0.05, 0) is 18.6 Å². The van der Waals surface area contributed by atoms with E-state index in [-0.39, 0.29) is 0 Å². The lowest BCUT2D eigenvalue weighted by Gasteiger charge is -2.05. The molecule has 0 saturated carbocycles. The molecule has 0 aromatic heterocycles. The average Bonchev–Trinajstić information content (AvgIpc) is 2.17. The van der Waals surface area contributed by atoms with Gasteiger partial charge in [-0.3, -0.25) is 9.59 Å². The smallest absolute Gasteiger partial charge is 0.228 e. The van der Waals surface area contributed by atoms with Gasteiger partial charge >= 0.3 is 0 Å². The van der Waals surface area contributed by atoms with Gasteiger partial charge in [-0.1, -0.05) is 12.1 Å². The molecule has 0 fully saturated rings. The molecule has 0 aliphatic rings. The summed E-state index contributed by atoms with van der Waals surface area (Å²) in [5.41, 5.74) is 1.31. The van der Waals surface area contributed by atoms with E-state index in [2.05, 4.69) is 0 Å². The van der Waals surface area contributed by atoms with Crippen LogP contribution in [-0.2, 0) is 4.79 Å². The summed E-state index contributed by atoms with van der Waals surface area (Å²) in [7, 11) is 1.53. The van der Waals surface area contributed by atoms with Crippen LogP contribution in [0.25, 0.3) is 0 Å². The Morgan fingerprint density at radius 3 is 2.43 bits per heavy atom. The molecule has 74 valence electrons. The number of Topliss-reactive ketones (excluding diaryl/α,β-unsaturated/α-hetero) is 2. The Hall–Kier alpha value is -1.64. The molecule has 0 atom stereocenters. The fraction of sp³-hybridized carbons (Fsp3) is 0.273. The minimum Gasteiger partial charge on any atom is -0.496 e. The number of ether oxygens (including phenoxy) is 1. The largest absolute Gasteiger partial charge is 0.496 e. The molecule has 0 aliphatic heterocycles. The van der Waals surface area contributed by atoms with Crippen molar-refractivity contribution in [3.63, 3.8) is 0 Å². The average molecular weight is 192 g/mol. The zero-order valence-electron chi connectivity index (χ0n) is 8.46. The Balaban J connectivity index is 3.12. The maximum absolute atomic E-state index is 11.3. The van der Waals surface area contributed by atoms with E-state index in [9.17, 15) is 9.59 Å². The fourth-order valence-electron chi connectivity index (χ4n) is 1.16. The van der Waals surface area contributed by atoms with Gasteiger partial charge in [-0.2, -0.15) is 0 Å². The Morgan fingerprint density at radius 2 is 1.93 bits per heavy atom. The van der Waals surface area contributed by atoms with Gasteiger partial charge in [0.2, 0.25) is 5.78 Å². The molecule has 0 heterocycles. The monoisotopic (exact) mass is 192 g/mol. The maximum Gasteiger partial charge on any atom is 0.228 e. The van der Waals surface area contributed by atoms with E-state index >= 15 is 0 Å². The van der Waals surface area contributed by atoms with Crippen LogP contribution in [-0.4, -0.2) is 18.7 Å². The molecule has 0 spiro atoms. The first-order valence-corrected chi connectivity index (χ1v) is 4.26. The summed E-state index contributed by atoms with van der Waals surface area (Å²) in [5, 5.41) is 0. The van der Waals surface area contributed by atoms with Crippen molar-refractivity contribution in [1.82, 2.24) is 0 Å². The van der Waals surface area contributed by atoms with Crippen molar-refractivity contribution in [2.75, 3.05) is 7.11 Å². The summed E-state index contributed by atoms with van der Waals surface area (Å²) in [5.74, 6) is -0.323. The molecule has 0 aliphatic carbocycles. The standard InChI is InChI=1S/C11H12O3/c1-7-4-5-9(6-10(7)14-3)11(13)8(2)12/h4-6H,1-3H3. The van der Waals surface area contributed by atoms with E-state index in [1.165, 1.54) is 14.0 Å². The van der Waals surface area contributed by atoms with Gasteiger partial charge in [-0.15, -0.1) is 0 Å². The molecule has 3 nitrogen and oxygen atoms in total. The van der Waals surface area contributed by atoms with Gasteiger partial charge in [0.15, 0.2) is 5.78 Å². The van der Waals surface area contributed by atoms with Crippen LogP contribution in [0.3, 0.4) is 0 Å². The fourth-order valence-corrected chi connectivity index (χ4v) is 1.16. The van der Waals surface area contributed by atoms with Crippen LogP contribution in [0.4, 0.5) is 0 Å². The quantitative estimate of drug-likeness (QED) is 0.541.